The summed E-state index contributed by atoms with van der Waals surface area (Å²) in [7, 11) is 0. The van der Waals surface area contributed by atoms with Gasteiger partial charge in [-0.15, -0.1) is 0 Å². The molecule has 1 aliphatic rings. The first-order chi connectivity index (χ1) is 3.83. The first-order valence-electron chi connectivity index (χ1n) is 3.19. The zero-order chi connectivity index (χ0) is 5.98. The molecule has 0 amide bonds. The molecule has 1 heteroatoms. The number of hydrogen-bond donors (Lipinski definition) is 0. The highest BCUT2D eigenvalue weighted by atomic mass is 15.1. The fraction of sp³-hybridized carbons (Fsp3) is 0.714. The zero-order valence-corrected chi connectivity index (χ0v) is 5.43. The van der Waals surface area contributed by atoms with E-state index in [0.717, 1.165) is 5.92 Å². The van der Waals surface area contributed by atoms with Crippen LogP contribution in [0.15, 0.2) is 12.8 Å². The first-order valence-corrected chi connectivity index (χ1v) is 3.19. The molecule has 1 fully saturated rings. The zero-order valence-electron chi connectivity index (χ0n) is 5.43. The number of rotatable bonds is 1. The van der Waals surface area contributed by atoms with Crippen molar-refractivity contribution in [2.24, 2.45) is 5.92 Å². The maximum absolute atomic E-state index is 3.70. The van der Waals surface area contributed by atoms with Crippen LogP contribution in [0, 0.1) is 5.92 Å². The van der Waals surface area contributed by atoms with Crippen molar-refractivity contribution in [2.75, 3.05) is 13.1 Å². The van der Waals surface area contributed by atoms with Crippen LogP contribution in [0.1, 0.15) is 13.3 Å². The van der Waals surface area contributed by atoms with Gasteiger partial charge in [0.2, 0.25) is 0 Å². The lowest BCUT2D eigenvalue weighted by Crippen LogP contribution is -2.11. The van der Waals surface area contributed by atoms with E-state index in [1.54, 1.807) is 0 Å². The molecule has 0 radical (unpaired) electrons. The summed E-state index contributed by atoms with van der Waals surface area (Å²) in [6.07, 6.45) is 3.27. The lowest BCUT2D eigenvalue weighted by molar-refractivity contribution is 0.449. The van der Waals surface area contributed by atoms with E-state index in [9.17, 15) is 0 Å². The first kappa shape index (κ1) is 5.67. The molecule has 0 saturated carbocycles. The van der Waals surface area contributed by atoms with Gasteiger partial charge in [0.1, 0.15) is 0 Å². The van der Waals surface area contributed by atoms with Gasteiger partial charge in [-0.3, -0.25) is 0 Å². The van der Waals surface area contributed by atoms with E-state index in [-0.39, 0.29) is 0 Å². The fourth-order valence-corrected chi connectivity index (χ4v) is 1.13. The molecule has 0 aromatic rings. The second-order valence-corrected chi connectivity index (χ2v) is 2.57. The van der Waals surface area contributed by atoms with Gasteiger partial charge in [-0.1, -0.05) is 13.5 Å². The van der Waals surface area contributed by atoms with Crippen LogP contribution < -0.4 is 0 Å². The molecule has 0 N–H and O–H groups in total. The van der Waals surface area contributed by atoms with Crippen LogP contribution in [-0.4, -0.2) is 18.0 Å². The Morgan fingerprint density at radius 3 is 2.75 bits per heavy atom. The Hall–Kier alpha value is -0.460. The van der Waals surface area contributed by atoms with Crippen LogP contribution >= 0.6 is 0 Å². The van der Waals surface area contributed by atoms with E-state index < -0.39 is 0 Å². The Kier molecular flexibility index (Phi) is 1.56. The Morgan fingerprint density at radius 2 is 2.50 bits per heavy atom. The minimum absolute atomic E-state index is 0.882. The minimum atomic E-state index is 0.882. The molecular weight excluding hydrogens is 98.1 g/mol. The summed E-state index contributed by atoms with van der Waals surface area (Å²) in [4.78, 5) is 2.27. The highest BCUT2D eigenvalue weighted by Crippen LogP contribution is 2.13. The molecule has 0 aromatic carbocycles. The summed E-state index contributed by atoms with van der Waals surface area (Å²) in [5, 5.41) is 0. The van der Waals surface area contributed by atoms with E-state index in [2.05, 4.69) is 18.4 Å². The Bertz CT molecular complexity index is 88.4. The van der Waals surface area contributed by atoms with Crippen LogP contribution in [0.5, 0.6) is 0 Å². The maximum Gasteiger partial charge on any atom is 0.0198 e. The number of nitrogens with zero attached hydrogens (tertiary/aromatic N) is 1. The van der Waals surface area contributed by atoms with Crippen LogP contribution in [0.3, 0.4) is 0 Å². The van der Waals surface area contributed by atoms with Crippen LogP contribution in [0.2, 0.25) is 0 Å². The quantitative estimate of drug-likeness (QED) is 0.495. The van der Waals surface area contributed by atoms with Gasteiger partial charge in [-0.05, 0) is 18.5 Å². The summed E-state index contributed by atoms with van der Waals surface area (Å²) in [6, 6.07) is 0. The summed E-state index contributed by atoms with van der Waals surface area (Å²) in [6.45, 7) is 8.41. The average molecular weight is 111 g/mol. The summed E-state index contributed by atoms with van der Waals surface area (Å²) in [5.74, 6) is 0.882. The van der Waals surface area contributed by atoms with E-state index in [1.807, 2.05) is 6.20 Å². The van der Waals surface area contributed by atoms with Gasteiger partial charge in [0.25, 0.3) is 0 Å². The van der Waals surface area contributed by atoms with Gasteiger partial charge in [0.05, 0.1) is 0 Å². The fourth-order valence-electron chi connectivity index (χ4n) is 1.13. The minimum Gasteiger partial charge on any atom is -0.378 e. The molecule has 1 atom stereocenters. The highest BCUT2D eigenvalue weighted by molar-refractivity contribution is 4.79. The molecule has 46 valence electrons. The third-order valence-electron chi connectivity index (χ3n) is 1.71. The molecule has 1 unspecified atom stereocenters. The van der Waals surface area contributed by atoms with Crippen LogP contribution in [-0.2, 0) is 0 Å². The lowest BCUT2D eigenvalue weighted by Gasteiger charge is -2.08. The topological polar surface area (TPSA) is 3.24 Å². The molecule has 0 bridgehead atoms. The van der Waals surface area contributed by atoms with Gasteiger partial charge in [-0.25, -0.2) is 0 Å². The largest absolute Gasteiger partial charge is 0.378 e. The molecule has 0 spiro atoms. The van der Waals surface area contributed by atoms with Crippen molar-refractivity contribution in [3.05, 3.63) is 12.8 Å². The van der Waals surface area contributed by atoms with Crippen molar-refractivity contribution in [3.8, 4) is 0 Å². The predicted molar refractivity (Wildman–Crippen MR) is 35.6 cm³/mol. The van der Waals surface area contributed by atoms with E-state index in [1.165, 1.54) is 19.5 Å². The van der Waals surface area contributed by atoms with Crippen molar-refractivity contribution in [3.63, 3.8) is 0 Å². The van der Waals surface area contributed by atoms with Crippen molar-refractivity contribution < 1.29 is 0 Å². The Morgan fingerprint density at radius 1 is 1.75 bits per heavy atom. The highest BCUT2D eigenvalue weighted by Gasteiger charge is 2.13. The van der Waals surface area contributed by atoms with Crippen molar-refractivity contribution in [1.82, 2.24) is 4.90 Å². The number of likely N-dealkylation sites (tertiary alicyclic amines) is 1. The summed E-state index contributed by atoms with van der Waals surface area (Å²) in [5.41, 5.74) is 0. The second-order valence-electron chi connectivity index (χ2n) is 2.57. The molecule has 1 nitrogen and oxygen atoms in total. The molecule has 8 heavy (non-hydrogen) atoms. The molecule has 1 heterocycles. The lowest BCUT2D eigenvalue weighted by atomic mass is 10.2. The van der Waals surface area contributed by atoms with Gasteiger partial charge in [0, 0.05) is 13.1 Å². The third-order valence-corrected chi connectivity index (χ3v) is 1.71. The van der Waals surface area contributed by atoms with Gasteiger partial charge >= 0.3 is 0 Å². The molecule has 0 aromatic heterocycles. The van der Waals surface area contributed by atoms with Crippen molar-refractivity contribution in [2.45, 2.75) is 13.3 Å². The smallest absolute Gasteiger partial charge is 0.0198 e. The number of hydrogen-bond acceptors (Lipinski definition) is 1. The van der Waals surface area contributed by atoms with Gasteiger partial charge in [0.15, 0.2) is 0 Å². The SMILES string of the molecule is C=CN1CCC(C)C1. The van der Waals surface area contributed by atoms with E-state index in [0.29, 0.717) is 0 Å². The van der Waals surface area contributed by atoms with Crippen molar-refractivity contribution >= 4 is 0 Å². The third kappa shape index (κ3) is 1.03. The molecule has 1 rings (SSSR count). The van der Waals surface area contributed by atoms with E-state index in [4.69, 9.17) is 0 Å². The standard InChI is InChI=1S/C7H13N/c1-3-8-5-4-7(2)6-8/h3,7H,1,4-6H2,2H3. The van der Waals surface area contributed by atoms with E-state index >= 15 is 0 Å². The predicted octanol–water partition coefficient (Wildman–Crippen LogP) is 1.47. The second kappa shape index (κ2) is 2.21. The average Bonchev–Trinajstić information content (AvgIpc) is 2.14. The molecular formula is C7H13N. The van der Waals surface area contributed by atoms with Crippen molar-refractivity contribution in [1.29, 1.82) is 0 Å². The maximum atomic E-state index is 3.70. The van der Waals surface area contributed by atoms with Gasteiger partial charge in [-0.2, -0.15) is 0 Å². The van der Waals surface area contributed by atoms with Crippen LogP contribution in [0.4, 0.5) is 0 Å². The summed E-state index contributed by atoms with van der Waals surface area (Å²) >= 11 is 0. The molecule has 1 saturated heterocycles. The van der Waals surface area contributed by atoms with Gasteiger partial charge < -0.3 is 4.90 Å². The Labute approximate surface area is 51.0 Å². The molecule has 0 aliphatic carbocycles. The summed E-state index contributed by atoms with van der Waals surface area (Å²) < 4.78 is 0. The normalized spacial score (nSPS) is 28.6. The monoisotopic (exact) mass is 111 g/mol. The van der Waals surface area contributed by atoms with Crippen LogP contribution in [0.25, 0.3) is 0 Å². The molecule has 1 aliphatic heterocycles. The Balaban J connectivity index is 2.32.